The van der Waals surface area contributed by atoms with Crippen molar-refractivity contribution in [1.82, 2.24) is 20.2 Å². The van der Waals surface area contributed by atoms with Gasteiger partial charge in [0, 0.05) is 11.6 Å². The summed E-state index contributed by atoms with van der Waals surface area (Å²) in [6, 6.07) is 14.8. The number of benzene rings is 2. The van der Waals surface area contributed by atoms with Gasteiger partial charge >= 0.3 is 6.01 Å². The van der Waals surface area contributed by atoms with Crippen molar-refractivity contribution in [3.8, 4) is 23.2 Å². The molecule has 1 N–H and O–H groups in total. The van der Waals surface area contributed by atoms with Crippen LogP contribution < -0.4 is 9.47 Å². The molecule has 1 aromatic heterocycles. The summed E-state index contributed by atoms with van der Waals surface area (Å²) in [5.41, 5.74) is 1.47. The lowest BCUT2D eigenvalue weighted by Gasteiger charge is -2.09. The third-order valence-electron chi connectivity index (χ3n) is 3.08. The molecule has 0 atom stereocenters. The van der Waals surface area contributed by atoms with Gasteiger partial charge in [0.05, 0.1) is 19.4 Å². The van der Waals surface area contributed by atoms with Crippen molar-refractivity contribution in [2.45, 2.75) is 6.61 Å². The Labute approximate surface area is 126 Å². The number of tetrazole rings is 1. The summed E-state index contributed by atoms with van der Waals surface area (Å²) in [5.74, 6) is 1.06. The van der Waals surface area contributed by atoms with E-state index in [1.807, 2.05) is 30.3 Å². The predicted molar refractivity (Wildman–Crippen MR) is 78.1 cm³/mol. The van der Waals surface area contributed by atoms with Gasteiger partial charge in [-0.1, -0.05) is 23.3 Å². The number of nitrogens with zero attached hydrogens (tertiary/aromatic N) is 4. The Morgan fingerprint density at radius 1 is 1.14 bits per heavy atom. The van der Waals surface area contributed by atoms with Crippen LogP contribution in [0.15, 0.2) is 48.5 Å². The Morgan fingerprint density at radius 2 is 1.95 bits per heavy atom. The van der Waals surface area contributed by atoms with Crippen molar-refractivity contribution in [3.63, 3.8) is 0 Å². The van der Waals surface area contributed by atoms with E-state index < -0.39 is 0 Å². The molecular formula is C15H14N4O3. The van der Waals surface area contributed by atoms with Crippen molar-refractivity contribution in [2.24, 2.45) is 0 Å². The number of aliphatic hydroxyl groups excluding tert-OH is 1. The highest BCUT2D eigenvalue weighted by Crippen LogP contribution is 2.28. The molecule has 0 aliphatic heterocycles. The van der Waals surface area contributed by atoms with Crippen LogP contribution in [0, 0.1) is 0 Å². The molecule has 7 nitrogen and oxygen atoms in total. The number of hydrogen-bond acceptors (Lipinski definition) is 6. The number of aliphatic hydroxyl groups is 1. The zero-order chi connectivity index (χ0) is 15.4. The Kier molecular flexibility index (Phi) is 3.97. The molecule has 3 rings (SSSR count). The molecule has 7 heteroatoms. The highest BCUT2D eigenvalue weighted by atomic mass is 16.5. The number of aromatic nitrogens is 4. The molecule has 0 fully saturated rings. The zero-order valence-electron chi connectivity index (χ0n) is 11.9. The maximum Gasteiger partial charge on any atom is 0.345 e. The molecule has 0 saturated heterocycles. The molecule has 0 spiro atoms. The summed E-state index contributed by atoms with van der Waals surface area (Å²) in [6.45, 7) is -0.106. The summed E-state index contributed by atoms with van der Waals surface area (Å²) < 4.78 is 12.4. The second-order valence-electron chi connectivity index (χ2n) is 4.44. The molecule has 0 saturated carbocycles. The fourth-order valence-electron chi connectivity index (χ4n) is 2.00. The van der Waals surface area contributed by atoms with Gasteiger partial charge in [0.25, 0.3) is 0 Å². The Balaban J connectivity index is 1.90. The minimum absolute atomic E-state index is 0.106. The molecule has 112 valence electrons. The van der Waals surface area contributed by atoms with E-state index in [0.29, 0.717) is 17.1 Å². The smallest absolute Gasteiger partial charge is 0.345 e. The van der Waals surface area contributed by atoms with Gasteiger partial charge in [0.1, 0.15) is 11.5 Å². The summed E-state index contributed by atoms with van der Waals surface area (Å²) in [7, 11) is 1.53. The van der Waals surface area contributed by atoms with Crippen LogP contribution in [-0.2, 0) is 6.61 Å². The fourth-order valence-corrected chi connectivity index (χ4v) is 2.00. The molecular weight excluding hydrogens is 284 g/mol. The van der Waals surface area contributed by atoms with E-state index in [1.54, 1.807) is 18.2 Å². The normalized spacial score (nSPS) is 10.5. The van der Waals surface area contributed by atoms with Gasteiger partial charge in [-0.05, 0) is 34.7 Å². The van der Waals surface area contributed by atoms with Crippen LogP contribution in [0.4, 0.5) is 0 Å². The monoisotopic (exact) mass is 298 g/mol. The third kappa shape index (κ3) is 2.75. The summed E-state index contributed by atoms with van der Waals surface area (Å²) >= 11 is 0. The van der Waals surface area contributed by atoms with Gasteiger partial charge in [-0.3, -0.25) is 0 Å². The van der Waals surface area contributed by atoms with Crippen molar-refractivity contribution < 1.29 is 14.6 Å². The lowest BCUT2D eigenvalue weighted by molar-refractivity contribution is 0.273. The van der Waals surface area contributed by atoms with Crippen LogP contribution in [0.5, 0.6) is 17.5 Å². The summed E-state index contributed by atoms with van der Waals surface area (Å²) in [6.07, 6.45) is 0. The standard InChI is InChI=1S/C15H14N4O3/c1-21-14-9-13(8-7-11(14)10-20)22-15-16-17-18-19(15)12-5-3-2-4-6-12/h2-9,20H,10H2,1H3. The Morgan fingerprint density at radius 3 is 2.68 bits per heavy atom. The SMILES string of the molecule is COc1cc(Oc2nnnn2-c2ccccc2)ccc1CO. The van der Waals surface area contributed by atoms with Crippen LogP contribution in [-0.4, -0.2) is 32.4 Å². The van der Waals surface area contributed by atoms with Crippen LogP contribution in [0.2, 0.25) is 0 Å². The van der Waals surface area contributed by atoms with Gasteiger partial charge in [0.15, 0.2) is 0 Å². The number of methoxy groups -OCH3 is 1. The molecule has 0 amide bonds. The second-order valence-corrected chi connectivity index (χ2v) is 4.44. The average molecular weight is 298 g/mol. The summed E-state index contributed by atoms with van der Waals surface area (Å²) in [5, 5.41) is 20.7. The minimum Gasteiger partial charge on any atom is -0.496 e. The molecule has 0 radical (unpaired) electrons. The van der Waals surface area contributed by atoms with E-state index in [1.165, 1.54) is 11.8 Å². The van der Waals surface area contributed by atoms with E-state index >= 15 is 0 Å². The first-order valence-corrected chi connectivity index (χ1v) is 6.61. The largest absolute Gasteiger partial charge is 0.496 e. The van der Waals surface area contributed by atoms with Crippen LogP contribution in [0.3, 0.4) is 0 Å². The molecule has 0 aliphatic rings. The number of hydrogen-bond donors (Lipinski definition) is 1. The molecule has 22 heavy (non-hydrogen) atoms. The van der Waals surface area contributed by atoms with Crippen LogP contribution in [0.25, 0.3) is 5.69 Å². The van der Waals surface area contributed by atoms with E-state index in [0.717, 1.165) is 5.69 Å². The first-order valence-electron chi connectivity index (χ1n) is 6.61. The zero-order valence-corrected chi connectivity index (χ0v) is 11.9. The molecule has 0 unspecified atom stereocenters. The highest BCUT2D eigenvalue weighted by molar-refractivity contribution is 5.41. The van der Waals surface area contributed by atoms with Gasteiger partial charge < -0.3 is 14.6 Å². The van der Waals surface area contributed by atoms with E-state index in [9.17, 15) is 5.11 Å². The van der Waals surface area contributed by atoms with Gasteiger partial charge in [-0.2, -0.15) is 4.68 Å². The molecule has 0 aliphatic carbocycles. The minimum atomic E-state index is -0.106. The van der Waals surface area contributed by atoms with E-state index in [2.05, 4.69) is 15.5 Å². The van der Waals surface area contributed by atoms with E-state index in [4.69, 9.17) is 9.47 Å². The summed E-state index contributed by atoms with van der Waals surface area (Å²) in [4.78, 5) is 0. The van der Waals surface area contributed by atoms with Crippen molar-refractivity contribution in [1.29, 1.82) is 0 Å². The predicted octanol–water partition coefficient (Wildman–Crippen LogP) is 1.96. The first-order chi connectivity index (χ1) is 10.8. The Hall–Kier alpha value is -2.93. The maximum absolute atomic E-state index is 9.23. The molecule has 0 bridgehead atoms. The van der Waals surface area contributed by atoms with Crippen molar-refractivity contribution >= 4 is 0 Å². The van der Waals surface area contributed by atoms with Crippen molar-refractivity contribution in [2.75, 3.05) is 7.11 Å². The third-order valence-corrected chi connectivity index (χ3v) is 3.08. The topological polar surface area (TPSA) is 82.3 Å². The van der Waals surface area contributed by atoms with Gasteiger partial charge in [-0.15, -0.1) is 0 Å². The molecule has 3 aromatic rings. The van der Waals surface area contributed by atoms with E-state index in [-0.39, 0.29) is 12.6 Å². The average Bonchev–Trinajstić information content (AvgIpc) is 3.03. The molecule has 2 aromatic carbocycles. The fraction of sp³-hybridized carbons (Fsp3) is 0.133. The van der Waals surface area contributed by atoms with Gasteiger partial charge in [0.2, 0.25) is 0 Å². The number of ether oxygens (including phenoxy) is 2. The number of rotatable bonds is 5. The second kappa shape index (κ2) is 6.23. The lowest BCUT2D eigenvalue weighted by Crippen LogP contribution is -2.00. The maximum atomic E-state index is 9.23. The Bertz CT molecular complexity index is 758. The highest BCUT2D eigenvalue weighted by Gasteiger charge is 2.12. The molecule has 1 heterocycles. The number of para-hydroxylation sites is 1. The first kappa shape index (κ1) is 14.0. The lowest BCUT2D eigenvalue weighted by atomic mass is 10.2. The van der Waals surface area contributed by atoms with Crippen molar-refractivity contribution in [3.05, 3.63) is 54.1 Å². The quantitative estimate of drug-likeness (QED) is 0.775. The van der Waals surface area contributed by atoms with Gasteiger partial charge in [-0.25, -0.2) is 0 Å². The van der Waals surface area contributed by atoms with Crippen LogP contribution in [0.1, 0.15) is 5.56 Å². The van der Waals surface area contributed by atoms with Crippen LogP contribution >= 0.6 is 0 Å².